The van der Waals surface area contributed by atoms with Crippen LogP contribution in [0.5, 0.6) is 5.75 Å². The molecule has 28 heavy (non-hydrogen) atoms. The number of amides is 1. The second-order valence-corrected chi connectivity index (χ2v) is 7.03. The van der Waals surface area contributed by atoms with Crippen LogP contribution in [0.25, 0.3) is 5.65 Å². The summed E-state index contributed by atoms with van der Waals surface area (Å²) in [5.74, 6) is -0.448. The number of hydrogen-bond acceptors (Lipinski definition) is 5. The maximum Gasteiger partial charge on any atom is 0.258 e. The lowest BCUT2D eigenvalue weighted by molar-refractivity contribution is 0.0745. The van der Waals surface area contributed by atoms with Gasteiger partial charge < -0.3 is 15.0 Å². The normalized spacial score (nSPS) is 13.2. The highest BCUT2D eigenvalue weighted by molar-refractivity contribution is 6.31. The van der Waals surface area contributed by atoms with E-state index in [1.807, 2.05) is 6.92 Å². The van der Waals surface area contributed by atoms with Gasteiger partial charge in [-0.1, -0.05) is 11.6 Å². The SMILES string of the molecule is CNCCOc1cc(F)ccc1C(=O)N1Cc2nn3cc(Cl)c(C)nc3c2C1. The average Bonchev–Trinajstić information content (AvgIpc) is 3.21. The minimum absolute atomic E-state index is 0.235. The van der Waals surface area contributed by atoms with E-state index in [-0.39, 0.29) is 11.7 Å². The zero-order valence-electron chi connectivity index (χ0n) is 15.5. The molecule has 4 rings (SSSR count). The highest BCUT2D eigenvalue weighted by Gasteiger charge is 2.31. The molecule has 0 saturated carbocycles. The molecule has 0 unspecified atom stereocenters. The predicted octanol–water partition coefficient (Wildman–Crippen LogP) is 2.58. The van der Waals surface area contributed by atoms with Gasteiger partial charge in [0.25, 0.3) is 5.91 Å². The van der Waals surface area contributed by atoms with Crippen LogP contribution in [-0.4, -0.2) is 45.6 Å². The molecular formula is C19H19ClFN5O2. The van der Waals surface area contributed by atoms with Gasteiger partial charge in [0.1, 0.15) is 18.2 Å². The van der Waals surface area contributed by atoms with E-state index < -0.39 is 5.82 Å². The van der Waals surface area contributed by atoms with E-state index in [9.17, 15) is 9.18 Å². The molecule has 1 aliphatic rings. The van der Waals surface area contributed by atoms with Crippen LogP contribution in [-0.2, 0) is 13.1 Å². The molecule has 1 amide bonds. The van der Waals surface area contributed by atoms with E-state index in [2.05, 4.69) is 15.4 Å². The Hall–Kier alpha value is -2.71. The van der Waals surface area contributed by atoms with Gasteiger partial charge in [-0.05, 0) is 26.1 Å². The minimum Gasteiger partial charge on any atom is -0.491 e. The second-order valence-electron chi connectivity index (χ2n) is 6.62. The van der Waals surface area contributed by atoms with Crippen LogP contribution >= 0.6 is 11.6 Å². The van der Waals surface area contributed by atoms with E-state index in [0.29, 0.717) is 48.2 Å². The number of hydrogen-bond donors (Lipinski definition) is 1. The molecular weight excluding hydrogens is 385 g/mol. The van der Waals surface area contributed by atoms with Gasteiger partial charge in [0.05, 0.1) is 41.3 Å². The fourth-order valence-electron chi connectivity index (χ4n) is 3.21. The van der Waals surface area contributed by atoms with E-state index in [1.54, 1.807) is 22.7 Å². The zero-order valence-corrected chi connectivity index (χ0v) is 16.3. The first-order chi connectivity index (χ1) is 13.5. The van der Waals surface area contributed by atoms with Crippen molar-refractivity contribution >= 4 is 23.2 Å². The molecule has 0 bridgehead atoms. The molecule has 1 aliphatic heterocycles. The number of aryl methyl sites for hydroxylation is 1. The number of likely N-dealkylation sites (N-methyl/N-ethyl adjacent to an activating group) is 1. The standard InChI is InChI=1S/C19H19ClFN5O2/c1-11-15(20)9-26-18(23-11)14-8-25(10-16(14)24-26)19(27)13-4-3-12(21)7-17(13)28-6-5-22-2/h3-4,7,9,22H,5-6,8,10H2,1-2H3. The molecule has 9 heteroatoms. The first-order valence-corrected chi connectivity index (χ1v) is 9.25. The van der Waals surface area contributed by atoms with Gasteiger partial charge in [0.2, 0.25) is 0 Å². The van der Waals surface area contributed by atoms with Crippen molar-refractivity contribution in [2.24, 2.45) is 0 Å². The average molecular weight is 404 g/mol. The van der Waals surface area contributed by atoms with E-state index in [4.69, 9.17) is 16.3 Å². The highest BCUT2D eigenvalue weighted by Crippen LogP contribution is 2.30. The molecule has 1 aromatic carbocycles. The van der Waals surface area contributed by atoms with Gasteiger partial charge in [-0.15, -0.1) is 0 Å². The summed E-state index contributed by atoms with van der Waals surface area (Å²) in [5.41, 5.74) is 3.40. The summed E-state index contributed by atoms with van der Waals surface area (Å²) in [5, 5.41) is 7.98. The maximum absolute atomic E-state index is 13.7. The topological polar surface area (TPSA) is 71.8 Å². The van der Waals surface area contributed by atoms with Crippen molar-refractivity contribution in [3.63, 3.8) is 0 Å². The fourth-order valence-corrected chi connectivity index (χ4v) is 3.35. The third-order valence-corrected chi connectivity index (χ3v) is 5.05. The Bertz CT molecular complexity index is 1070. The van der Waals surface area contributed by atoms with Gasteiger partial charge in [0.15, 0.2) is 5.65 Å². The van der Waals surface area contributed by atoms with Crippen molar-refractivity contribution in [2.45, 2.75) is 20.0 Å². The maximum atomic E-state index is 13.7. The molecule has 0 radical (unpaired) electrons. The number of carbonyl (C=O) groups is 1. The quantitative estimate of drug-likeness (QED) is 0.663. The van der Waals surface area contributed by atoms with Gasteiger partial charge in [-0.25, -0.2) is 13.9 Å². The summed E-state index contributed by atoms with van der Waals surface area (Å²) in [6.07, 6.45) is 1.72. The number of rotatable bonds is 5. The number of aromatic nitrogens is 3. The molecule has 2 aromatic heterocycles. The number of benzene rings is 1. The number of halogens is 2. The minimum atomic E-state index is -0.449. The van der Waals surface area contributed by atoms with E-state index in [0.717, 1.165) is 11.3 Å². The molecule has 3 heterocycles. The lowest BCUT2D eigenvalue weighted by atomic mass is 10.1. The lowest BCUT2D eigenvalue weighted by Crippen LogP contribution is -2.27. The number of nitrogens with one attached hydrogen (secondary N) is 1. The summed E-state index contributed by atoms with van der Waals surface area (Å²) >= 11 is 6.12. The Labute approximate surface area is 166 Å². The molecule has 3 aromatic rings. The number of carbonyl (C=O) groups excluding carboxylic acids is 1. The third kappa shape index (κ3) is 3.29. The van der Waals surface area contributed by atoms with Crippen molar-refractivity contribution in [2.75, 3.05) is 20.2 Å². The smallest absolute Gasteiger partial charge is 0.258 e. The Kier molecular flexibility index (Phi) is 4.91. The van der Waals surface area contributed by atoms with E-state index >= 15 is 0 Å². The molecule has 0 aliphatic carbocycles. The number of fused-ring (bicyclic) bond motifs is 3. The van der Waals surface area contributed by atoms with Gasteiger partial charge >= 0.3 is 0 Å². The van der Waals surface area contributed by atoms with Crippen LogP contribution in [0.2, 0.25) is 5.02 Å². The monoisotopic (exact) mass is 403 g/mol. The molecule has 0 atom stereocenters. The van der Waals surface area contributed by atoms with Crippen LogP contribution in [0, 0.1) is 12.7 Å². The lowest BCUT2D eigenvalue weighted by Gasteiger charge is -2.18. The van der Waals surface area contributed by atoms with Crippen LogP contribution in [0.3, 0.4) is 0 Å². The fraction of sp³-hybridized carbons (Fsp3) is 0.316. The first kappa shape index (κ1) is 18.6. The molecule has 0 saturated heterocycles. The van der Waals surface area contributed by atoms with Crippen molar-refractivity contribution in [3.8, 4) is 5.75 Å². The van der Waals surface area contributed by atoms with Crippen LogP contribution in [0.15, 0.2) is 24.4 Å². The van der Waals surface area contributed by atoms with Crippen LogP contribution < -0.4 is 10.1 Å². The Balaban J connectivity index is 1.60. The summed E-state index contributed by atoms with van der Waals surface area (Å²) in [6, 6.07) is 3.96. The van der Waals surface area contributed by atoms with Gasteiger partial charge in [-0.2, -0.15) is 5.10 Å². The zero-order chi connectivity index (χ0) is 19.8. The van der Waals surface area contributed by atoms with Crippen molar-refractivity contribution < 1.29 is 13.9 Å². The van der Waals surface area contributed by atoms with Gasteiger partial charge in [0, 0.05) is 18.2 Å². The molecule has 0 fully saturated rings. The van der Waals surface area contributed by atoms with Crippen LogP contribution in [0.4, 0.5) is 4.39 Å². The molecule has 146 valence electrons. The summed E-state index contributed by atoms with van der Waals surface area (Å²) < 4.78 is 20.9. The summed E-state index contributed by atoms with van der Waals surface area (Å²) in [4.78, 5) is 19.2. The largest absolute Gasteiger partial charge is 0.491 e. The number of nitrogens with zero attached hydrogens (tertiary/aromatic N) is 4. The Morgan fingerprint density at radius 3 is 3.00 bits per heavy atom. The van der Waals surface area contributed by atoms with Crippen molar-refractivity contribution in [1.29, 1.82) is 0 Å². The summed E-state index contributed by atoms with van der Waals surface area (Å²) in [6.45, 7) is 3.47. The Morgan fingerprint density at radius 2 is 2.21 bits per heavy atom. The second kappa shape index (κ2) is 7.37. The molecule has 0 spiro atoms. The third-order valence-electron chi connectivity index (χ3n) is 4.68. The predicted molar refractivity (Wildman–Crippen MR) is 102 cm³/mol. The van der Waals surface area contributed by atoms with Crippen molar-refractivity contribution in [3.05, 3.63) is 57.8 Å². The summed E-state index contributed by atoms with van der Waals surface area (Å²) in [7, 11) is 1.79. The number of ether oxygens (including phenoxy) is 1. The van der Waals surface area contributed by atoms with Crippen molar-refractivity contribution in [1.82, 2.24) is 24.8 Å². The van der Waals surface area contributed by atoms with E-state index in [1.165, 1.54) is 18.2 Å². The highest BCUT2D eigenvalue weighted by atomic mass is 35.5. The van der Waals surface area contributed by atoms with Gasteiger partial charge in [-0.3, -0.25) is 4.79 Å². The molecule has 1 N–H and O–H groups in total. The van der Waals surface area contributed by atoms with Crippen LogP contribution in [0.1, 0.15) is 27.3 Å². The molecule has 7 nitrogen and oxygen atoms in total. The first-order valence-electron chi connectivity index (χ1n) is 8.87. The Morgan fingerprint density at radius 1 is 1.39 bits per heavy atom.